The molecule has 0 spiro atoms. The molecule has 0 fully saturated rings. The zero-order valence-corrected chi connectivity index (χ0v) is 14.2. The predicted octanol–water partition coefficient (Wildman–Crippen LogP) is 1.91. The first-order chi connectivity index (χ1) is 7.61. The second-order valence-corrected chi connectivity index (χ2v) is 4.26. The van der Waals surface area contributed by atoms with Gasteiger partial charge in [0.25, 0.3) is 0 Å². The maximum absolute atomic E-state index is 4.45. The highest BCUT2D eigenvalue weighted by Gasteiger charge is 2.02. The summed E-state index contributed by atoms with van der Waals surface area (Å²) >= 11 is 0. The summed E-state index contributed by atoms with van der Waals surface area (Å²) in [5.41, 5.74) is 0. The second-order valence-electron chi connectivity index (χ2n) is 4.26. The molecule has 0 unspecified atom stereocenters. The van der Waals surface area contributed by atoms with Crippen LogP contribution in [0.5, 0.6) is 0 Å². The van der Waals surface area contributed by atoms with Crippen molar-refractivity contribution in [1.82, 2.24) is 15.5 Å². The van der Waals surface area contributed by atoms with E-state index in [9.17, 15) is 0 Å². The molecule has 0 bridgehead atoms. The fourth-order valence-electron chi connectivity index (χ4n) is 1.17. The lowest BCUT2D eigenvalue weighted by molar-refractivity contribution is 0.278. The van der Waals surface area contributed by atoms with Crippen molar-refractivity contribution in [2.24, 2.45) is 4.99 Å². The average molecular weight is 356 g/mol. The molecule has 0 radical (unpaired) electrons. The van der Waals surface area contributed by atoms with E-state index in [0.29, 0.717) is 6.04 Å². The number of hydrogen-bond acceptors (Lipinski definition) is 2. The van der Waals surface area contributed by atoms with Gasteiger partial charge in [0.05, 0.1) is 0 Å². The first kappa shape index (κ1) is 19.3. The molecule has 0 aliphatic carbocycles. The summed E-state index contributed by atoms with van der Waals surface area (Å²) < 4.78 is 0. The first-order valence-electron chi connectivity index (χ1n) is 6.34. The van der Waals surface area contributed by atoms with Crippen molar-refractivity contribution in [3.8, 4) is 0 Å². The van der Waals surface area contributed by atoms with Gasteiger partial charge in [0.1, 0.15) is 0 Å². The van der Waals surface area contributed by atoms with Crippen LogP contribution < -0.4 is 10.6 Å². The molecule has 0 aliphatic heterocycles. The van der Waals surface area contributed by atoms with Gasteiger partial charge >= 0.3 is 0 Å². The van der Waals surface area contributed by atoms with Gasteiger partial charge in [-0.3, -0.25) is 4.99 Å². The molecule has 0 aromatic rings. The second kappa shape index (κ2) is 12.4. The molecule has 5 heteroatoms. The SMILES string of the molecule is CCCN=C(NCC)NCCN(C)C(C)C.I. The zero-order valence-electron chi connectivity index (χ0n) is 11.9. The number of likely N-dealkylation sites (N-methyl/N-ethyl adjacent to an activating group) is 1. The molecular formula is C12H29IN4. The van der Waals surface area contributed by atoms with E-state index in [1.54, 1.807) is 0 Å². The van der Waals surface area contributed by atoms with Crippen LogP contribution >= 0.6 is 24.0 Å². The molecule has 0 aliphatic rings. The van der Waals surface area contributed by atoms with Gasteiger partial charge < -0.3 is 15.5 Å². The van der Waals surface area contributed by atoms with E-state index < -0.39 is 0 Å². The van der Waals surface area contributed by atoms with Gasteiger partial charge in [-0.05, 0) is 34.2 Å². The topological polar surface area (TPSA) is 39.7 Å². The Hall–Kier alpha value is -0.0400. The highest BCUT2D eigenvalue weighted by atomic mass is 127. The molecule has 4 nitrogen and oxygen atoms in total. The third-order valence-corrected chi connectivity index (χ3v) is 2.48. The Bertz CT molecular complexity index is 195. The summed E-state index contributed by atoms with van der Waals surface area (Å²) in [6, 6.07) is 0.594. The Morgan fingerprint density at radius 3 is 2.35 bits per heavy atom. The molecule has 17 heavy (non-hydrogen) atoms. The van der Waals surface area contributed by atoms with Crippen LogP contribution in [0.15, 0.2) is 4.99 Å². The molecule has 0 saturated carbocycles. The minimum absolute atomic E-state index is 0. The Morgan fingerprint density at radius 2 is 1.88 bits per heavy atom. The third kappa shape index (κ3) is 10.8. The molecule has 0 heterocycles. The van der Waals surface area contributed by atoms with Crippen molar-refractivity contribution in [2.75, 3.05) is 33.2 Å². The summed E-state index contributed by atoms with van der Waals surface area (Å²) in [6.07, 6.45) is 1.09. The van der Waals surface area contributed by atoms with Crippen LogP contribution in [0.3, 0.4) is 0 Å². The van der Waals surface area contributed by atoms with E-state index in [2.05, 4.69) is 55.3 Å². The van der Waals surface area contributed by atoms with Crippen molar-refractivity contribution in [3.63, 3.8) is 0 Å². The Balaban J connectivity index is 0. The maximum atomic E-state index is 4.45. The Morgan fingerprint density at radius 1 is 1.24 bits per heavy atom. The molecule has 0 rings (SSSR count). The lowest BCUT2D eigenvalue weighted by Crippen LogP contribution is -2.42. The number of nitrogens with one attached hydrogen (secondary N) is 2. The number of guanidine groups is 1. The molecule has 104 valence electrons. The van der Waals surface area contributed by atoms with Crippen LogP contribution in [0.25, 0.3) is 0 Å². The van der Waals surface area contributed by atoms with Crippen LogP contribution in [0.4, 0.5) is 0 Å². The van der Waals surface area contributed by atoms with Gasteiger partial charge in [-0.2, -0.15) is 0 Å². The number of rotatable bonds is 7. The van der Waals surface area contributed by atoms with Crippen LogP contribution in [0.1, 0.15) is 34.1 Å². The summed E-state index contributed by atoms with van der Waals surface area (Å²) in [4.78, 5) is 6.77. The standard InChI is InChI=1S/C12H28N4.HI/c1-6-8-14-12(13-7-2)15-9-10-16(5)11(3)4;/h11H,6-10H2,1-5H3,(H2,13,14,15);1H. The van der Waals surface area contributed by atoms with Gasteiger partial charge in [0.15, 0.2) is 5.96 Å². The van der Waals surface area contributed by atoms with Crippen molar-refractivity contribution in [1.29, 1.82) is 0 Å². The highest BCUT2D eigenvalue weighted by molar-refractivity contribution is 14.0. The van der Waals surface area contributed by atoms with Crippen LogP contribution in [0, 0.1) is 0 Å². The Labute approximate surface area is 124 Å². The van der Waals surface area contributed by atoms with Crippen LogP contribution in [-0.2, 0) is 0 Å². The lowest BCUT2D eigenvalue weighted by Gasteiger charge is -2.21. The van der Waals surface area contributed by atoms with Gasteiger partial charge in [-0.1, -0.05) is 6.92 Å². The van der Waals surface area contributed by atoms with E-state index in [0.717, 1.165) is 38.6 Å². The van der Waals surface area contributed by atoms with Crippen molar-refractivity contribution < 1.29 is 0 Å². The summed E-state index contributed by atoms with van der Waals surface area (Å²) in [5.74, 6) is 0.932. The van der Waals surface area contributed by atoms with Gasteiger partial charge in [0, 0.05) is 32.2 Å². The van der Waals surface area contributed by atoms with E-state index in [4.69, 9.17) is 0 Å². The fraction of sp³-hybridized carbons (Fsp3) is 0.917. The monoisotopic (exact) mass is 356 g/mol. The predicted molar refractivity (Wildman–Crippen MR) is 87.5 cm³/mol. The number of nitrogens with zero attached hydrogens (tertiary/aromatic N) is 2. The van der Waals surface area contributed by atoms with Gasteiger partial charge in [-0.25, -0.2) is 0 Å². The quantitative estimate of drug-likeness (QED) is 0.416. The minimum Gasteiger partial charge on any atom is -0.357 e. The smallest absolute Gasteiger partial charge is 0.191 e. The van der Waals surface area contributed by atoms with Gasteiger partial charge in [0.2, 0.25) is 0 Å². The van der Waals surface area contributed by atoms with E-state index >= 15 is 0 Å². The molecular weight excluding hydrogens is 327 g/mol. The normalized spacial score (nSPS) is 11.6. The van der Waals surface area contributed by atoms with E-state index in [1.165, 1.54) is 0 Å². The first-order valence-corrected chi connectivity index (χ1v) is 6.34. The molecule has 0 saturated heterocycles. The van der Waals surface area contributed by atoms with Gasteiger partial charge in [-0.15, -0.1) is 24.0 Å². The number of aliphatic imine (C=N–C) groups is 1. The minimum atomic E-state index is 0. The lowest BCUT2D eigenvalue weighted by atomic mass is 10.3. The molecule has 0 aromatic heterocycles. The van der Waals surface area contributed by atoms with E-state index in [1.807, 2.05) is 0 Å². The molecule has 0 atom stereocenters. The maximum Gasteiger partial charge on any atom is 0.191 e. The average Bonchev–Trinajstić information content (AvgIpc) is 2.25. The summed E-state index contributed by atoms with van der Waals surface area (Å²) in [6.45, 7) is 12.4. The van der Waals surface area contributed by atoms with E-state index in [-0.39, 0.29) is 24.0 Å². The molecule has 0 amide bonds. The number of halogens is 1. The highest BCUT2D eigenvalue weighted by Crippen LogP contribution is 1.90. The Kier molecular flexibility index (Phi) is 14.1. The molecule has 0 aromatic carbocycles. The fourth-order valence-corrected chi connectivity index (χ4v) is 1.17. The van der Waals surface area contributed by atoms with Crippen molar-refractivity contribution in [2.45, 2.75) is 40.2 Å². The zero-order chi connectivity index (χ0) is 12.4. The van der Waals surface area contributed by atoms with Crippen molar-refractivity contribution in [3.05, 3.63) is 0 Å². The van der Waals surface area contributed by atoms with Crippen molar-refractivity contribution >= 4 is 29.9 Å². The largest absolute Gasteiger partial charge is 0.357 e. The third-order valence-electron chi connectivity index (χ3n) is 2.48. The number of hydrogen-bond donors (Lipinski definition) is 2. The summed E-state index contributed by atoms with van der Waals surface area (Å²) in [7, 11) is 2.14. The summed E-state index contributed by atoms with van der Waals surface area (Å²) in [5, 5.41) is 6.58. The molecule has 2 N–H and O–H groups in total. The van der Waals surface area contributed by atoms with Crippen LogP contribution in [-0.4, -0.2) is 50.1 Å². The van der Waals surface area contributed by atoms with Crippen LogP contribution in [0.2, 0.25) is 0 Å².